The van der Waals surface area contributed by atoms with Crippen molar-refractivity contribution in [3.8, 4) is 17.2 Å². The second kappa shape index (κ2) is 7.67. The highest BCUT2D eigenvalue weighted by atomic mass is 19.3. The molecule has 4 rings (SSSR count). The van der Waals surface area contributed by atoms with Gasteiger partial charge in [0, 0.05) is 35.3 Å². The summed E-state index contributed by atoms with van der Waals surface area (Å²) in [5.74, 6) is -4.86. The molecule has 1 fully saturated rings. The molecule has 0 unspecified atom stereocenters. The number of carbonyl (C=O) groups excluding carboxylic acids is 1. The Balaban J connectivity index is 1.69. The van der Waals surface area contributed by atoms with Gasteiger partial charge < -0.3 is 10.4 Å². The maximum absolute atomic E-state index is 13.1. The van der Waals surface area contributed by atoms with Gasteiger partial charge in [-0.25, -0.2) is 13.8 Å². The summed E-state index contributed by atoms with van der Waals surface area (Å²) in [6.07, 6.45) is 2.62. The first-order chi connectivity index (χ1) is 14.7. The van der Waals surface area contributed by atoms with Crippen LogP contribution in [0, 0.1) is 24.2 Å². The van der Waals surface area contributed by atoms with Gasteiger partial charge in [0.25, 0.3) is 5.92 Å². The Kier molecular flexibility index (Phi) is 5.15. The highest BCUT2D eigenvalue weighted by molar-refractivity contribution is 5.97. The predicted molar refractivity (Wildman–Crippen MR) is 111 cm³/mol. The monoisotopic (exact) mass is 422 g/mol. The van der Waals surface area contributed by atoms with Crippen LogP contribution in [0.1, 0.15) is 42.7 Å². The van der Waals surface area contributed by atoms with Gasteiger partial charge >= 0.3 is 0 Å². The average molecular weight is 422 g/mol. The third-order valence-electron chi connectivity index (χ3n) is 5.52. The third-order valence-corrected chi connectivity index (χ3v) is 5.52. The van der Waals surface area contributed by atoms with E-state index in [-0.39, 0.29) is 5.82 Å². The maximum atomic E-state index is 13.1. The van der Waals surface area contributed by atoms with Crippen LogP contribution in [0.2, 0.25) is 0 Å². The average Bonchev–Trinajstić information content (AvgIpc) is 3.40. The van der Waals surface area contributed by atoms with E-state index in [9.17, 15) is 23.9 Å². The predicted octanol–water partition coefficient (Wildman–Crippen LogP) is 4.51. The molecule has 2 N–H and O–H groups in total. The number of fused-ring (bicyclic) bond motifs is 1. The van der Waals surface area contributed by atoms with E-state index in [4.69, 9.17) is 0 Å². The molecule has 1 aliphatic rings. The summed E-state index contributed by atoms with van der Waals surface area (Å²) in [5, 5.41) is 23.5. The molecule has 2 aromatic heterocycles. The maximum Gasteiger partial charge on any atom is 0.260 e. The van der Waals surface area contributed by atoms with Crippen LogP contribution in [-0.4, -0.2) is 26.9 Å². The lowest BCUT2D eigenvalue weighted by Crippen LogP contribution is -2.18. The van der Waals surface area contributed by atoms with E-state index in [1.54, 1.807) is 24.4 Å². The Labute approximate surface area is 177 Å². The Morgan fingerprint density at radius 1 is 1.26 bits per heavy atom. The van der Waals surface area contributed by atoms with Crippen LogP contribution < -0.4 is 5.32 Å². The minimum atomic E-state index is -2.95. The van der Waals surface area contributed by atoms with Crippen molar-refractivity contribution in [1.29, 1.82) is 5.26 Å². The van der Waals surface area contributed by atoms with Gasteiger partial charge in [0.05, 0.1) is 23.4 Å². The standard InChI is InChI=1S/C23H20F2N4O2/c1-3-20(30)19-4-12(2)17(11-27-19)16-6-15-10-28-21(7-13(15)5-14(16)9-26)29-22(31)18-8-23(18,24)25/h4-7,10-11,18,20,30H,3,8H2,1-2H3,(H,28,29,31)/t18-,20-/m1/s1. The number of aromatic nitrogens is 2. The topological polar surface area (TPSA) is 98.9 Å². The van der Waals surface area contributed by atoms with E-state index in [1.807, 2.05) is 19.9 Å². The molecule has 1 aromatic carbocycles. The Hall–Kier alpha value is -3.44. The van der Waals surface area contributed by atoms with E-state index in [2.05, 4.69) is 21.4 Å². The summed E-state index contributed by atoms with van der Waals surface area (Å²) in [5.41, 5.74) is 3.29. The summed E-state index contributed by atoms with van der Waals surface area (Å²) in [4.78, 5) is 20.4. The van der Waals surface area contributed by atoms with Gasteiger partial charge in [0.15, 0.2) is 0 Å². The van der Waals surface area contributed by atoms with E-state index in [0.717, 1.165) is 16.5 Å². The molecular formula is C23H20F2N4O2. The largest absolute Gasteiger partial charge is 0.387 e. The zero-order valence-electron chi connectivity index (χ0n) is 17.0. The smallest absolute Gasteiger partial charge is 0.260 e. The van der Waals surface area contributed by atoms with Gasteiger partial charge in [-0.1, -0.05) is 6.92 Å². The molecule has 2 heterocycles. The normalized spacial score (nSPS) is 17.7. The number of nitrogens with one attached hydrogen (secondary N) is 1. The first-order valence-electron chi connectivity index (χ1n) is 9.91. The molecule has 158 valence electrons. The second-order valence-electron chi connectivity index (χ2n) is 7.78. The molecule has 8 heteroatoms. The molecule has 2 atom stereocenters. The second-order valence-corrected chi connectivity index (χ2v) is 7.78. The van der Waals surface area contributed by atoms with E-state index in [0.29, 0.717) is 28.6 Å². The van der Waals surface area contributed by atoms with Crippen molar-refractivity contribution < 1.29 is 18.7 Å². The van der Waals surface area contributed by atoms with E-state index in [1.165, 1.54) is 6.20 Å². The summed E-state index contributed by atoms with van der Waals surface area (Å²) < 4.78 is 26.2. The molecule has 1 aliphatic carbocycles. The van der Waals surface area contributed by atoms with Gasteiger partial charge in [-0.05, 0) is 48.6 Å². The number of benzene rings is 1. The Morgan fingerprint density at radius 2 is 2.00 bits per heavy atom. The molecule has 31 heavy (non-hydrogen) atoms. The van der Waals surface area contributed by atoms with Gasteiger partial charge in [-0.2, -0.15) is 5.26 Å². The van der Waals surface area contributed by atoms with Gasteiger partial charge in [0.2, 0.25) is 5.91 Å². The van der Waals surface area contributed by atoms with Gasteiger partial charge in [0.1, 0.15) is 11.7 Å². The minimum Gasteiger partial charge on any atom is -0.387 e. The van der Waals surface area contributed by atoms with Crippen LogP contribution in [0.5, 0.6) is 0 Å². The fourth-order valence-electron chi connectivity index (χ4n) is 3.54. The number of carbonyl (C=O) groups is 1. The number of pyridine rings is 2. The van der Waals surface area contributed by atoms with E-state index >= 15 is 0 Å². The molecule has 0 saturated heterocycles. The quantitative estimate of drug-likeness (QED) is 0.630. The molecule has 0 aliphatic heterocycles. The number of aliphatic hydroxyl groups is 1. The van der Waals surface area contributed by atoms with Crippen molar-refractivity contribution in [2.45, 2.75) is 38.7 Å². The van der Waals surface area contributed by atoms with Crippen LogP contribution in [0.3, 0.4) is 0 Å². The molecule has 6 nitrogen and oxygen atoms in total. The first kappa shape index (κ1) is 20.8. The minimum absolute atomic E-state index is 0.160. The molecule has 0 spiro atoms. The number of nitrogens with zero attached hydrogens (tertiary/aromatic N) is 3. The molecule has 3 aromatic rings. The number of hydrogen-bond donors (Lipinski definition) is 2. The highest BCUT2D eigenvalue weighted by Gasteiger charge is 2.61. The lowest BCUT2D eigenvalue weighted by molar-refractivity contribution is -0.119. The number of alkyl halides is 2. The van der Waals surface area contributed by atoms with Crippen LogP contribution in [0.4, 0.5) is 14.6 Å². The number of rotatable bonds is 5. The summed E-state index contributed by atoms with van der Waals surface area (Å²) >= 11 is 0. The number of amides is 1. The van der Waals surface area contributed by atoms with Crippen molar-refractivity contribution in [2.75, 3.05) is 5.32 Å². The Morgan fingerprint density at radius 3 is 2.61 bits per heavy atom. The van der Waals surface area contributed by atoms with Crippen LogP contribution >= 0.6 is 0 Å². The lowest BCUT2D eigenvalue weighted by atomic mass is 9.94. The number of nitriles is 1. The van der Waals surface area contributed by atoms with Crippen LogP contribution in [0.15, 0.2) is 36.7 Å². The molecule has 1 saturated carbocycles. The van der Waals surface area contributed by atoms with Crippen molar-refractivity contribution >= 4 is 22.5 Å². The number of anilines is 1. The van der Waals surface area contributed by atoms with E-state index < -0.39 is 30.3 Å². The number of hydrogen-bond acceptors (Lipinski definition) is 5. The summed E-state index contributed by atoms with van der Waals surface area (Å²) in [6, 6.07) is 9.02. The SMILES string of the molecule is CC[C@@H](O)c1cc(C)c(-c2cc3cnc(NC(=O)[C@H]4CC4(F)F)cc3cc2C#N)cn1. The number of halogens is 2. The fraction of sp³-hybridized carbons (Fsp3) is 0.304. The summed E-state index contributed by atoms with van der Waals surface area (Å²) in [7, 11) is 0. The lowest BCUT2D eigenvalue weighted by Gasteiger charge is -2.13. The highest BCUT2D eigenvalue weighted by Crippen LogP contribution is 2.49. The first-order valence-corrected chi connectivity index (χ1v) is 9.91. The Bertz CT molecular complexity index is 1240. The fourth-order valence-corrected chi connectivity index (χ4v) is 3.54. The van der Waals surface area contributed by atoms with Crippen LogP contribution in [-0.2, 0) is 4.79 Å². The van der Waals surface area contributed by atoms with Crippen molar-refractivity contribution in [3.63, 3.8) is 0 Å². The number of aryl methyl sites for hydroxylation is 1. The molecule has 0 radical (unpaired) electrons. The van der Waals surface area contributed by atoms with Crippen LogP contribution in [0.25, 0.3) is 21.9 Å². The molecule has 0 bridgehead atoms. The third kappa shape index (κ3) is 3.97. The zero-order valence-corrected chi connectivity index (χ0v) is 17.0. The van der Waals surface area contributed by atoms with Gasteiger partial charge in [-0.15, -0.1) is 0 Å². The molecular weight excluding hydrogens is 402 g/mol. The van der Waals surface area contributed by atoms with Crippen molar-refractivity contribution in [1.82, 2.24) is 9.97 Å². The van der Waals surface area contributed by atoms with Crippen molar-refractivity contribution in [3.05, 3.63) is 53.5 Å². The number of aliphatic hydroxyl groups excluding tert-OH is 1. The van der Waals surface area contributed by atoms with Gasteiger partial charge in [-0.3, -0.25) is 9.78 Å². The zero-order chi connectivity index (χ0) is 22.3. The van der Waals surface area contributed by atoms with Crippen molar-refractivity contribution in [2.24, 2.45) is 5.92 Å². The summed E-state index contributed by atoms with van der Waals surface area (Å²) in [6.45, 7) is 3.76. The molecule has 1 amide bonds.